The maximum atomic E-state index is 13.2. The lowest BCUT2D eigenvalue weighted by atomic mass is 10.1. The number of hydrogen-bond acceptors (Lipinski definition) is 5. The minimum absolute atomic E-state index is 0.0200. The van der Waals surface area contributed by atoms with E-state index < -0.39 is 15.8 Å². The van der Waals surface area contributed by atoms with Crippen LogP contribution in [0.4, 0.5) is 5.69 Å². The number of likely N-dealkylation sites (tertiary alicyclic amines) is 1. The second kappa shape index (κ2) is 6.25. The maximum absolute atomic E-state index is 13.2. The van der Waals surface area contributed by atoms with Crippen LogP contribution in [-0.4, -0.2) is 43.3 Å². The minimum atomic E-state index is -3.79. The summed E-state index contributed by atoms with van der Waals surface area (Å²) >= 11 is 0. The molecule has 2 aromatic carbocycles. The van der Waals surface area contributed by atoms with Crippen LogP contribution < -0.4 is 0 Å². The van der Waals surface area contributed by atoms with Gasteiger partial charge >= 0.3 is 5.97 Å². The number of carboxylic acid groups (broad SMARTS) is 1. The molecule has 2 heterocycles. The SMILES string of the molecule is O=C(O)c1ccc2c(c1)N=C(N1CCCCC1)c1ccccc1S2(=O)=O. The second-order valence-electron chi connectivity index (χ2n) is 6.47. The number of hydrogen-bond donors (Lipinski definition) is 1. The molecule has 0 radical (unpaired) electrons. The molecule has 26 heavy (non-hydrogen) atoms. The van der Waals surface area contributed by atoms with Crippen LogP contribution in [-0.2, 0) is 9.84 Å². The molecule has 0 saturated carbocycles. The smallest absolute Gasteiger partial charge is 0.335 e. The third-order valence-electron chi connectivity index (χ3n) is 4.79. The van der Waals surface area contributed by atoms with Gasteiger partial charge in [0.25, 0.3) is 0 Å². The molecule has 0 aliphatic carbocycles. The molecule has 0 bridgehead atoms. The van der Waals surface area contributed by atoms with Gasteiger partial charge in [-0.3, -0.25) is 0 Å². The predicted octanol–water partition coefficient (Wildman–Crippen LogP) is 3.10. The number of carbonyl (C=O) groups is 1. The number of aliphatic imine (C=N–C) groups is 1. The number of carboxylic acids is 1. The molecule has 0 spiro atoms. The van der Waals surface area contributed by atoms with Gasteiger partial charge in [0.15, 0.2) is 0 Å². The predicted molar refractivity (Wildman–Crippen MR) is 96.9 cm³/mol. The summed E-state index contributed by atoms with van der Waals surface area (Å²) < 4.78 is 26.4. The highest BCUT2D eigenvalue weighted by Gasteiger charge is 2.31. The summed E-state index contributed by atoms with van der Waals surface area (Å²) in [5, 5.41) is 9.27. The molecule has 7 heteroatoms. The average molecular weight is 370 g/mol. The Balaban J connectivity index is 2.00. The number of benzene rings is 2. The molecular weight excluding hydrogens is 352 g/mol. The summed E-state index contributed by atoms with van der Waals surface area (Å²) in [6.07, 6.45) is 3.19. The number of amidine groups is 1. The topological polar surface area (TPSA) is 87.0 Å². The molecule has 2 aliphatic heterocycles. The van der Waals surface area contributed by atoms with Gasteiger partial charge in [-0.2, -0.15) is 0 Å². The minimum Gasteiger partial charge on any atom is -0.478 e. The Morgan fingerprint density at radius 1 is 1.00 bits per heavy atom. The maximum Gasteiger partial charge on any atom is 0.335 e. The van der Waals surface area contributed by atoms with E-state index in [4.69, 9.17) is 0 Å². The first-order valence-electron chi connectivity index (χ1n) is 8.54. The van der Waals surface area contributed by atoms with Gasteiger partial charge in [0.2, 0.25) is 9.84 Å². The molecule has 0 amide bonds. The van der Waals surface area contributed by atoms with Gasteiger partial charge in [-0.1, -0.05) is 12.1 Å². The van der Waals surface area contributed by atoms with E-state index in [1.54, 1.807) is 24.3 Å². The molecule has 0 unspecified atom stereocenters. The van der Waals surface area contributed by atoms with E-state index in [-0.39, 0.29) is 21.0 Å². The lowest BCUT2D eigenvalue weighted by Gasteiger charge is -2.30. The number of aromatic carboxylic acids is 1. The lowest BCUT2D eigenvalue weighted by molar-refractivity contribution is 0.0697. The van der Waals surface area contributed by atoms with Crippen molar-refractivity contribution in [1.29, 1.82) is 0 Å². The molecule has 4 rings (SSSR count). The highest BCUT2D eigenvalue weighted by Crippen LogP contribution is 2.37. The van der Waals surface area contributed by atoms with Crippen molar-refractivity contribution in [2.75, 3.05) is 13.1 Å². The Morgan fingerprint density at radius 2 is 1.73 bits per heavy atom. The quantitative estimate of drug-likeness (QED) is 0.833. The van der Waals surface area contributed by atoms with Crippen LogP contribution in [0.15, 0.2) is 57.2 Å². The van der Waals surface area contributed by atoms with Crippen LogP contribution in [0.25, 0.3) is 0 Å². The fourth-order valence-electron chi connectivity index (χ4n) is 3.49. The van der Waals surface area contributed by atoms with E-state index >= 15 is 0 Å². The molecule has 1 saturated heterocycles. The zero-order valence-electron chi connectivity index (χ0n) is 14.1. The molecule has 1 fully saturated rings. The Hall–Kier alpha value is -2.67. The first kappa shape index (κ1) is 16.8. The first-order chi connectivity index (χ1) is 12.5. The van der Waals surface area contributed by atoms with Crippen molar-refractivity contribution in [3.05, 3.63) is 53.6 Å². The van der Waals surface area contributed by atoms with Gasteiger partial charge in [-0.15, -0.1) is 0 Å². The van der Waals surface area contributed by atoms with Gasteiger partial charge in [0.05, 0.1) is 21.0 Å². The highest BCUT2D eigenvalue weighted by atomic mass is 32.2. The summed E-state index contributed by atoms with van der Waals surface area (Å²) in [4.78, 5) is 18.3. The lowest BCUT2D eigenvalue weighted by Crippen LogP contribution is -2.36. The largest absolute Gasteiger partial charge is 0.478 e. The third-order valence-corrected chi connectivity index (χ3v) is 6.65. The summed E-state index contributed by atoms with van der Waals surface area (Å²) in [5.74, 6) is -0.508. The van der Waals surface area contributed by atoms with Crippen molar-refractivity contribution in [3.63, 3.8) is 0 Å². The van der Waals surface area contributed by atoms with Crippen LogP contribution >= 0.6 is 0 Å². The summed E-state index contributed by atoms with van der Waals surface area (Å²) in [6.45, 7) is 1.61. The van der Waals surface area contributed by atoms with Crippen molar-refractivity contribution >= 4 is 27.3 Å². The van der Waals surface area contributed by atoms with Gasteiger partial charge < -0.3 is 10.0 Å². The van der Waals surface area contributed by atoms with Crippen molar-refractivity contribution < 1.29 is 18.3 Å². The molecular formula is C19H18N2O4S. The van der Waals surface area contributed by atoms with Crippen LogP contribution in [0.3, 0.4) is 0 Å². The molecule has 0 atom stereocenters. The molecule has 2 aromatic rings. The van der Waals surface area contributed by atoms with Crippen LogP contribution in [0.1, 0.15) is 35.2 Å². The second-order valence-corrected chi connectivity index (χ2v) is 8.36. The van der Waals surface area contributed by atoms with Crippen molar-refractivity contribution in [1.82, 2.24) is 4.90 Å². The summed E-state index contributed by atoms with van der Waals surface area (Å²) in [6, 6.07) is 10.8. The third kappa shape index (κ3) is 2.68. The molecule has 2 aliphatic rings. The first-order valence-corrected chi connectivity index (χ1v) is 10.0. The Kier molecular flexibility index (Phi) is 4.03. The number of piperidine rings is 1. The molecule has 0 aromatic heterocycles. The van der Waals surface area contributed by atoms with Gasteiger partial charge in [0, 0.05) is 18.7 Å². The van der Waals surface area contributed by atoms with Gasteiger partial charge in [-0.25, -0.2) is 18.2 Å². The normalized spacial score (nSPS) is 18.3. The number of rotatable bonds is 1. The van der Waals surface area contributed by atoms with E-state index in [2.05, 4.69) is 9.89 Å². The number of nitrogens with zero attached hydrogens (tertiary/aromatic N) is 2. The fraction of sp³-hybridized carbons (Fsp3) is 0.263. The molecule has 1 N–H and O–H groups in total. The van der Waals surface area contributed by atoms with Crippen molar-refractivity contribution in [2.45, 2.75) is 29.1 Å². The van der Waals surface area contributed by atoms with Crippen LogP contribution in [0.2, 0.25) is 0 Å². The Labute approximate surface area is 151 Å². The van der Waals surface area contributed by atoms with Crippen molar-refractivity contribution in [3.8, 4) is 0 Å². The van der Waals surface area contributed by atoms with Gasteiger partial charge in [0.1, 0.15) is 5.84 Å². The fourth-order valence-corrected chi connectivity index (χ4v) is 5.06. The summed E-state index contributed by atoms with van der Waals surface area (Å²) in [5.41, 5.74) is 0.774. The average Bonchev–Trinajstić information content (AvgIpc) is 2.75. The van der Waals surface area contributed by atoms with E-state index in [1.165, 1.54) is 18.2 Å². The monoisotopic (exact) mass is 370 g/mol. The standard InChI is InChI=1S/C19H18N2O4S/c22-19(23)13-8-9-17-15(12-13)20-18(21-10-4-1-5-11-21)14-6-2-3-7-16(14)26(17,24)25/h2-3,6-9,12H,1,4-5,10-11H2,(H,22,23). The molecule has 134 valence electrons. The van der Waals surface area contributed by atoms with E-state index in [0.717, 1.165) is 32.4 Å². The van der Waals surface area contributed by atoms with E-state index in [9.17, 15) is 18.3 Å². The Morgan fingerprint density at radius 3 is 2.46 bits per heavy atom. The van der Waals surface area contributed by atoms with E-state index in [0.29, 0.717) is 11.4 Å². The van der Waals surface area contributed by atoms with Gasteiger partial charge in [-0.05, 0) is 49.6 Å². The Bertz CT molecular complexity index is 1020. The zero-order valence-corrected chi connectivity index (χ0v) is 14.9. The molecule has 6 nitrogen and oxygen atoms in total. The van der Waals surface area contributed by atoms with Crippen LogP contribution in [0, 0.1) is 0 Å². The summed E-state index contributed by atoms with van der Waals surface area (Å²) in [7, 11) is -3.79. The number of sulfone groups is 1. The zero-order chi connectivity index (χ0) is 18.3. The van der Waals surface area contributed by atoms with E-state index in [1.807, 2.05) is 0 Å². The highest BCUT2D eigenvalue weighted by molar-refractivity contribution is 7.91. The number of fused-ring (bicyclic) bond motifs is 2. The van der Waals surface area contributed by atoms with Crippen LogP contribution in [0.5, 0.6) is 0 Å². The van der Waals surface area contributed by atoms with Crippen molar-refractivity contribution in [2.24, 2.45) is 4.99 Å².